The summed E-state index contributed by atoms with van der Waals surface area (Å²) in [4.78, 5) is 12.5. The fourth-order valence-electron chi connectivity index (χ4n) is 1.25. The van der Waals surface area contributed by atoms with Crippen LogP contribution in [0.1, 0.15) is 6.42 Å². The zero-order valence-corrected chi connectivity index (χ0v) is 10.6. The summed E-state index contributed by atoms with van der Waals surface area (Å²) in [5.74, 6) is 3.22. The van der Waals surface area contributed by atoms with Crippen molar-refractivity contribution in [2.75, 3.05) is 13.1 Å². The highest BCUT2D eigenvalue weighted by atomic mass is 28.3. The average molecular weight is 222 g/mol. The second-order valence-electron chi connectivity index (χ2n) is 4.76. The van der Waals surface area contributed by atoms with Gasteiger partial charge in [0.15, 0.2) is 0 Å². The largest absolute Gasteiger partial charge is 0.351 e. The molecule has 0 spiro atoms. The number of nitrogens with two attached hydrogens (primary N) is 1. The molecule has 1 aliphatic rings. The molecule has 1 aliphatic heterocycles. The van der Waals surface area contributed by atoms with Crippen LogP contribution in [-0.4, -0.2) is 32.1 Å². The van der Waals surface area contributed by atoms with Crippen molar-refractivity contribution in [1.29, 1.82) is 0 Å². The van der Waals surface area contributed by atoms with Crippen LogP contribution < -0.4 is 5.73 Å². The van der Waals surface area contributed by atoms with Crippen LogP contribution in [0.15, 0.2) is 11.6 Å². The van der Waals surface area contributed by atoms with Crippen molar-refractivity contribution < 1.29 is 4.79 Å². The van der Waals surface area contributed by atoms with Gasteiger partial charge in [-0.3, -0.25) is 0 Å². The first-order chi connectivity index (χ1) is 6.88. The predicted octanol–water partition coefficient (Wildman–Crippen LogP) is 1.58. The molecule has 0 radical (unpaired) electrons. The molecule has 3 nitrogen and oxygen atoms in total. The minimum Gasteiger partial charge on any atom is -0.351 e. The molecule has 0 fully saturated rings. The Kier molecular flexibility index (Phi) is 3.59. The molecule has 0 saturated heterocycles. The van der Waals surface area contributed by atoms with Gasteiger partial charge in [-0.25, -0.2) is 4.79 Å². The van der Waals surface area contributed by atoms with Gasteiger partial charge < -0.3 is 10.6 Å². The standard InChI is InChI=1S/C11H18N2OSi/c1-15(2,3)9-6-10-4-7-13(8-5-10)11(12)14/h4H,5,7-8H2,1-3H3,(H2,12,14). The third-order valence-electron chi connectivity index (χ3n) is 2.12. The van der Waals surface area contributed by atoms with E-state index >= 15 is 0 Å². The van der Waals surface area contributed by atoms with Crippen LogP contribution in [0.5, 0.6) is 0 Å². The maximum absolute atomic E-state index is 10.9. The number of primary amides is 1. The zero-order valence-electron chi connectivity index (χ0n) is 9.63. The molecule has 0 bridgehead atoms. The molecule has 0 aliphatic carbocycles. The summed E-state index contributed by atoms with van der Waals surface area (Å²) in [6.45, 7) is 7.96. The van der Waals surface area contributed by atoms with E-state index in [1.54, 1.807) is 4.90 Å². The van der Waals surface area contributed by atoms with Gasteiger partial charge in [0.2, 0.25) is 0 Å². The Morgan fingerprint density at radius 3 is 2.60 bits per heavy atom. The lowest BCUT2D eigenvalue weighted by atomic mass is 10.1. The Morgan fingerprint density at radius 2 is 2.20 bits per heavy atom. The van der Waals surface area contributed by atoms with Gasteiger partial charge in [-0.05, 0) is 6.42 Å². The third-order valence-corrected chi connectivity index (χ3v) is 2.99. The van der Waals surface area contributed by atoms with Crippen LogP contribution in [0, 0.1) is 11.5 Å². The number of carbonyl (C=O) groups is 1. The van der Waals surface area contributed by atoms with Crippen LogP contribution >= 0.6 is 0 Å². The number of hydrogen-bond donors (Lipinski definition) is 1. The fourth-order valence-corrected chi connectivity index (χ4v) is 1.79. The van der Waals surface area contributed by atoms with Gasteiger partial charge in [-0.15, -0.1) is 5.54 Å². The van der Waals surface area contributed by atoms with E-state index < -0.39 is 8.07 Å². The summed E-state index contributed by atoms with van der Waals surface area (Å²) in [6.07, 6.45) is 2.84. The minimum absolute atomic E-state index is 0.344. The molecule has 82 valence electrons. The smallest absolute Gasteiger partial charge is 0.315 e. The van der Waals surface area contributed by atoms with E-state index in [1.807, 2.05) is 6.08 Å². The number of carbonyl (C=O) groups excluding carboxylic acids is 1. The summed E-state index contributed by atoms with van der Waals surface area (Å²) in [6, 6.07) is -0.344. The van der Waals surface area contributed by atoms with Crippen LogP contribution in [0.3, 0.4) is 0 Å². The Labute approximate surface area is 92.3 Å². The van der Waals surface area contributed by atoms with Gasteiger partial charge in [-0.1, -0.05) is 31.6 Å². The lowest BCUT2D eigenvalue weighted by Crippen LogP contribution is -2.38. The maximum Gasteiger partial charge on any atom is 0.315 e. The monoisotopic (exact) mass is 222 g/mol. The molecule has 2 amide bonds. The Morgan fingerprint density at radius 1 is 1.53 bits per heavy atom. The first-order valence-electron chi connectivity index (χ1n) is 5.15. The van der Waals surface area contributed by atoms with Crippen molar-refractivity contribution in [3.8, 4) is 11.5 Å². The van der Waals surface area contributed by atoms with E-state index in [-0.39, 0.29) is 6.03 Å². The summed E-state index contributed by atoms with van der Waals surface area (Å²) < 4.78 is 0. The van der Waals surface area contributed by atoms with Gasteiger partial charge in [0.25, 0.3) is 0 Å². The van der Waals surface area contributed by atoms with Crippen LogP contribution in [0.25, 0.3) is 0 Å². The third kappa shape index (κ3) is 4.22. The highest BCUT2D eigenvalue weighted by Crippen LogP contribution is 2.09. The van der Waals surface area contributed by atoms with Crippen LogP contribution in [0.4, 0.5) is 4.79 Å². The molecule has 0 aromatic carbocycles. The van der Waals surface area contributed by atoms with Crippen molar-refractivity contribution in [2.24, 2.45) is 5.73 Å². The molecule has 15 heavy (non-hydrogen) atoms. The lowest BCUT2D eigenvalue weighted by Gasteiger charge is -2.22. The van der Waals surface area contributed by atoms with E-state index in [4.69, 9.17) is 5.73 Å². The molecular formula is C11H18N2OSi. The number of amides is 2. The molecule has 1 heterocycles. The maximum atomic E-state index is 10.9. The molecule has 4 heteroatoms. The summed E-state index contributed by atoms with van der Waals surface area (Å²) in [5, 5.41) is 0. The van der Waals surface area contributed by atoms with Gasteiger partial charge in [0, 0.05) is 18.7 Å². The van der Waals surface area contributed by atoms with Crippen molar-refractivity contribution in [1.82, 2.24) is 4.90 Å². The zero-order chi connectivity index (χ0) is 11.5. The van der Waals surface area contributed by atoms with E-state index in [0.717, 1.165) is 12.0 Å². The van der Waals surface area contributed by atoms with Crippen molar-refractivity contribution >= 4 is 14.1 Å². The molecule has 0 saturated carbocycles. The van der Waals surface area contributed by atoms with Crippen molar-refractivity contribution in [3.05, 3.63) is 11.6 Å². The van der Waals surface area contributed by atoms with Gasteiger partial charge in [-0.2, -0.15) is 0 Å². The lowest BCUT2D eigenvalue weighted by molar-refractivity contribution is 0.212. The predicted molar refractivity (Wildman–Crippen MR) is 65.0 cm³/mol. The number of nitrogens with zero attached hydrogens (tertiary/aromatic N) is 1. The second kappa shape index (κ2) is 4.54. The van der Waals surface area contributed by atoms with E-state index in [2.05, 4.69) is 31.1 Å². The van der Waals surface area contributed by atoms with E-state index in [0.29, 0.717) is 13.1 Å². The van der Waals surface area contributed by atoms with Crippen molar-refractivity contribution in [2.45, 2.75) is 26.1 Å². The Bertz CT molecular complexity index is 344. The highest BCUT2D eigenvalue weighted by molar-refractivity contribution is 6.83. The van der Waals surface area contributed by atoms with Crippen molar-refractivity contribution in [3.63, 3.8) is 0 Å². The average Bonchev–Trinajstić information content (AvgIpc) is 2.14. The molecule has 0 aromatic rings. The van der Waals surface area contributed by atoms with Gasteiger partial charge >= 0.3 is 6.03 Å². The van der Waals surface area contributed by atoms with E-state index in [9.17, 15) is 4.79 Å². The molecular weight excluding hydrogens is 204 g/mol. The summed E-state index contributed by atoms with van der Waals surface area (Å²) >= 11 is 0. The van der Waals surface area contributed by atoms with Gasteiger partial charge in [0.1, 0.15) is 8.07 Å². The molecule has 1 rings (SSSR count). The van der Waals surface area contributed by atoms with Crippen LogP contribution in [0.2, 0.25) is 19.6 Å². The van der Waals surface area contributed by atoms with Crippen LogP contribution in [-0.2, 0) is 0 Å². The second-order valence-corrected chi connectivity index (χ2v) is 9.51. The summed E-state index contributed by atoms with van der Waals surface area (Å²) in [5.41, 5.74) is 9.65. The first kappa shape index (κ1) is 11.9. The quantitative estimate of drug-likeness (QED) is 0.491. The van der Waals surface area contributed by atoms with Gasteiger partial charge in [0.05, 0.1) is 0 Å². The highest BCUT2D eigenvalue weighted by Gasteiger charge is 2.13. The minimum atomic E-state index is -1.29. The first-order valence-corrected chi connectivity index (χ1v) is 8.65. The number of rotatable bonds is 0. The number of urea groups is 1. The normalized spacial score (nSPS) is 16.5. The fraction of sp³-hybridized carbons (Fsp3) is 0.545. The summed E-state index contributed by atoms with van der Waals surface area (Å²) in [7, 11) is -1.29. The molecule has 0 unspecified atom stereocenters. The SMILES string of the molecule is C[Si](C)(C)C#CC1=CCN(C(N)=O)CC1. The molecule has 0 atom stereocenters. The number of hydrogen-bond acceptors (Lipinski definition) is 1. The van der Waals surface area contributed by atoms with E-state index in [1.165, 1.54) is 0 Å². The molecule has 2 N–H and O–H groups in total. The Balaban J connectivity index is 2.61. The topological polar surface area (TPSA) is 46.3 Å². The molecule has 0 aromatic heterocycles. The Hall–Kier alpha value is -1.21.